The smallest absolute Gasteiger partial charge is 0.326 e. The molecule has 1 aliphatic carbocycles. The molecule has 3 aliphatic rings. The number of nitrogens with zero attached hydrogens (tertiary/aromatic N) is 6. The van der Waals surface area contributed by atoms with Gasteiger partial charge in [-0.2, -0.15) is 0 Å². The van der Waals surface area contributed by atoms with Crippen LogP contribution >= 0.6 is 10.3 Å². The number of anilines is 4. The second kappa shape index (κ2) is 14.7. The van der Waals surface area contributed by atoms with Gasteiger partial charge in [0, 0.05) is 79.0 Å². The molecule has 1 aromatic carbocycles. The van der Waals surface area contributed by atoms with Crippen LogP contribution in [0.25, 0.3) is 11.1 Å². The van der Waals surface area contributed by atoms with Crippen LogP contribution in [0.3, 0.4) is 0 Å². The monoisotopic (exact) mass is 704 g/mol. The maximum absolute atomic E-state index is 12.4. The molecule has 3 aromatic rings. The zero-order valence-corrected chi connectivity index (χ0v) is 31.7. The molecular weight excluding hydrogens is 649 g/mol. The van der Waals surface area contributed by atoms with Gasteiger partial charge in [0.05, 0.1) is 13.2 Å². The number of piperidine rings is 1. The van der Waals surface area contributed by atoms with E-state index in [2.05, 4.69) is 89.6 Å². The molecule has 2 atom stereocenters. The maximum atomic E-state index is 12.4. The lowest BCUT2D eigenvalue weighted by Gasteiger charge is -2.45. The van der Waals surface area contributed by atoms with E-state index in [1.54, 1.807) is 0 Å². The summed E-state index contributed by atoms with van der Waals surface area (Å²) in [6, 6.07) is 13.1. The molecule has 272 valence electrons. The van der Waals surface area contributed by atoms with E-state index in [0.29, 0.717) is 12.6 Å². The van der Waals surface area contributed by atoms with Gasteiger partial charge in [0.15, 0.2) is 0 Å². The lowest BCUT2D eigenvalue weighted by Crippen LogP contribution is -2.51. The van der Waals surface area contributed by atoms with Gasteiger partial charge in [0.1, 0.15) is 11.4 Å². The molecule has 0 spiro atoms. The number of carbonyl (C=O) groups is 1. The molecule has 2 saturated heterocycles. The number of nitrogens with two attached hydrogens (primary N) is 1. The van der Waals surface area contributed by atoms with Crippen LogP contribution in [0.2, 0.25) is 0 Å². The van der Waals surface area contributed by atoms with Crippen molar-refractivity contribution in [3.8, 4) is 11.1 Å². The van der Waals surface area contributed by atoms with E-state index in [9.17, 15) is 4.79 Å². The van der Waals surface area contributed by atoms with Crippen LogP contribution in [0.5, 0.6) is 0 Å². The first kappa shape index (κ1) is 36.3. The van der Waals surface area contributed by atoms with Gasteiger partial charge in [-0.1, -0.05) is 26.8 Å². The highest BCUT2D eigenvalue weighted by Crippen LogP contribution is 2.55. The molecule has 0 radical (unpaired) electrons. The highest BCUT2D eigenvalue weighted by atomic mass is 32.3. The highest BCUT2D eigenvalue weighted by Gasteiger charge is 2.56. The fourth-order valence-electron chi connectivity index (χ4n) is 7.24. The van der Waals surface area contributed by atoms with Gasteiger partial charge >= 0.3 is 5.97 Å². The Morgan fingerprint density at radius 1 is 1.08 bits per heavy atom. The van der Waals surface area contributed by atoms with Crippen molar-refractivity contribution in [2.24, 2.45) is 5.73 Å². The maximum Gasteiger partial charge on any atom is 0.326 e. The van der Waals surface area contributed by atoms with E-state index in [4.69, 9.17) is 24.6 Å². The topological polar surface area (TPSA) is 122 Å². The summed E-state index contributed by atoms with van der Waals surface area (Å²) >= 11 is 0. The number of aromatic nitrogens is 3. The summed E-state index contributed by atoms with van der Waals surface area (Å²) in [4.78, 5) is 33.6. The number of hydrogen-bond donors (Lipinski definition) is 2. The molecule has 2 aliphatic heterocycles. The zero-order chi connectivity index (χ0) is 35.7. The number of methoxy groups -OCH3 is 1. The Balaban J connectivity index is 1.08. The standard InChI is InChI=1S/C38H56N8O3S/c1-37(2,3)50(6,7)49-33-23-32(11-17-39)46(26-33)36-41-24-28(25-42-36)27-12-18-40-34(21-27)43-29-9-8-10-31(22-29)44(4)30-13-19-45(20-14-30)38(15-16-38)35(47)48-5/h8-10,12,18,21-22,24-25,30,32-33H,11,13-17,19-20,23,26,39H2,1-7H3,(H,40,43). The number of pyridine rings is 1. The lowest BCUT2D eigenvalue weighted by molar-refractivity contribution is -0.149. The molecular formula is C38H56N8O3S. The predicted octanol–water partition coefficient (Wildman–Crippen LogP) is 5.98. The van der Waals surface area contributed by atoms with Gasteiger partial charge in [-0.3, -0.25) is 9.69 Å². The minimum atomic E-state index is -1.24. The minimum Gasteiger partial charge on any atom is -0.468 e. The summed E-state index contributed by atoms with van der Waals surface area (Å²) in [7, 11) is 2.42. The summed E-state index contributed by atoms with van der Waals surface area (Å²) in [5.74, 6) is 1.39. The molecule has 3 fully saturated rings. The van der Waals surface area contributed by atoms with Gasteiger partial charge in [0.2, 0.25) is 5.95 Å². The summed E-state index contributed by atoms with van der Waals surface area (Å²) in [5, 5.41) is 3.51. The van der Waals surface area contributed by atoms with Crippen molar-refractivity contribution in [1.29, 1.82) is 0 Å². The van der Waals surface area contributed by atoms with Crippen molar-refractivity contribution >= 4 is 39.4 Å². The summed E-state index contributed by atoms with van der Waals surface area (Å²) in [5.41, 5.74) is 9.68. The van der Waals surface area contributed by atoms with E-state index < -0.39 is 10.3 Å². The van der Waals surface area contributed by atoms with Crippen LogP contribution in [-0.2, 0) is 13.7 Å². The first-order chi connectivity index (χ1) is 23.8. The van der Waals surface area contributed by atoms with Crippen LogP contribution in [0.4, 0.5) is 23.1 Å². The Bertz CT molecular complexity index is 1620. The molecule has 0 bridgehead atoms. The molecule has 12 heteroatoms. The Morgan fingerprint density at radius 3 is 2.44 bits per heavy atom. The fourth-order valence-corrected chi connectivity index (χ4v) is 8.35. The van der Waals surface area contributed by atoms with Crippen molar-refractivity contribution in [3.63, 3.8) is 0 Å². The van der Waals surface area contributed by atoms with Crippen LogP contribution in [-0.4, -0.2) is 107 Å². The second-order valence-corrected chi connectivity index (χ2v) is 19.3. The third-order valence-corrected chi connectivity index (χ3v) is 14.9. The molecule has 6 rings (SSSR count). The van der Waals surface area contributed by atoms with Crippen molar-refractivity contribution in [1.82, 2.24) is 19.9 Å². The Morgan fingerprint density at radius 2 is 1.80 bits per heavy atom. The van der Waals surface area contributed by atoms with E-state index >= 15 is 0 Å². The number of benzene rings is 1. The Labute approximate surface area is 299 Å². The third-order valence-electron chi connectivity index (χ3n) is 11.1. The average Bonchev–Trinajstić information content (AvgIpc) is 3.83. The van der Waals surface area contributed by atoms with Gasteiger partial charge < -0.3 is 29.8 Å². The summed E-state index contributed by atoms with van der Waals surface area (Å²) in [6.07, 6.45) is 15.9. The van der Waals surface area contributed by atoms with E-state index in [0.717, 1.165) is 92.4 Å². The number of rotatable bonds is 12. The van der Waals surface area contributed by atoms with E-state index in [-0.39, 0.29) is 28.4 Å². The molecule has 1 saturated carbocycles. The Hall–Kier alpha value is -3.45. The first-order valence-electron chi connectivity index (χ1n) is 17.9. The third kappa shape index (κ3) is 7.73. The van der Waals surface area contributed by atoms with Gasteiger partial charge in [0.25, 0.3) is 0 Å². The minimum absolute atomic E-state index is 0.0792. The van der Waals surface area contributed by atoms with Crippen LogP contribution in [0.15, 0.2) is 55.0 Å². The molecule has 2 unspecified atom stereocenters. The van der Waals surface area contributed by atoms with E-state index in [1.807, 2.05) is 30.7 Å². The average molecular weight is 705 g/mol. The SMILES string of the molecule is COC(=O)C1(N2CCC(N(C)c3cccc(Nc4cc(-c5cnc(N6CC(OS(C)(C)C(C)(C)C)CC6CCN)nc5)ccn4)c3)CC2)CC1. The van der Waals surface area contributed by atoms with E-state index in [1.165, 1.54) is 7.11 Å². The molecule has 3 N–H and O–H groups in total. The summed E-state index contributed by atoms with van der Waals surface area (Å²) in [6.45, 7) is 9.97. The number of nitrogens with one attached hydrogen (secondary N) is 1. The highest BCUT2D eigenvalue weighted by molar-refractivity contribution is 8.29. The number of hydrogen-bond acceptors (Lipinski definition) is 11. The number of likely N-dealkylation sites (tertiary alicyclic amines) is 1. The molecule has 4 heterocycles. The molecule has 0 amide bonds. The number of carbonyl (C=O) groups excluding carboxylic acids is 1. The largest absolute Gasteiger partial charge is 0.468 e. The molecule has 11 nitrogen and oxygen atoms in total. The molecule has 50 heavy (non-hydrogen) atoms. The first-order valence-corrected chi connectivity index (χ1v) is 20.3. The van der Waals surface area contributed by atoms with Gasteiger partial charge in [-0.05, 0) is 93.5 Å². The van der Waals surface area contributed by atoms with Gasteiger partial charge in [-0.15, -0.1) is 10.3 Å². The molecule has 2 aromatic heterocycles. The quantitative estimate of drug-likeness (QED) is 0.217. The Kier molecular flexibility index (Phi) is 10.7. The van der Waals surface area contributed by atoms with Crippen molar-refractivity contribution in [2.45, 2.75) is 87.8 Å². The predicted molar refractivity (Wildman–Crippen MR) is 205 cm³/mol. The van der Waals surface area contributed by atoms with Crippen LogP contribution in [0.1, 0.15) is 59.3 Å². The van der Waals surface area contributed by atoms with Crippen LogP contribution in [0, 0.1) is 0 Å². The number of esters is 1. The van der Waals surface area contributed by atoms with Crippen molar-refractivity contribution in [3.05, 3.63) is 55.0 Å². The lowest BCUT2D eigenvalue weighted by atomic mass is 10.00. The zero-order valence-electron chi connectivity index (χ0n) is 30.9. The number of ether oxygens (including phenoxy) is 1. The second-order valence-electron chi connectivity index (χ2n) is 15.4. The van der Waals surface area contributed by atoms with Gasteiger partial charge in [-0.25, -0.2) is 15.0 Å². The normalized spacial score (nSPS) is 21.6. The fraction of sp³-hybridized carbons (Fsp3) is 0.579. The van der Waals surface area contributed by atoms with Crippen molar-refractivity contribution in [2.75, 3.05) is 68.0 Å². The van der Waals surface area contributed by atoms with Crippen LogP contribution < -0.4 is 20.9 Å². The van der Waals surface area contributed by atoms with Crippen molar-refractivity contribution < 1.29 is 13.7 Å². The summed E-state index contributed by atoms with van der Waals surface area (Å²) < 4.78 is 11.9.